The lowest BCUT2D eigenvalue weighted by molar-refractivity contribution is 0.0734. The van der Waals surface area contributed by atoms with E-state index in [2.05, 4.69) is 79.7 Å². The zero-order valence-electron chi connectivity index (χ0n) is 19.3. The number of fused-ring (bicyclic) bond motifs is 1. The molecule has 5 aromatic rings. The second-order valence-corrected chi connectivity index (χ2v) is 9.75. The summed E-state index contributed by atoms with van der Waals surface area (Å²) in [5.74, 6) is 0.0935. The van der Waals surface area contributed by atoms with Gasteiger partial charge in [0.25, 0.3) is 5.91 Å². The molecular weight excluding hydrogens is 434 g/mol. The molecule has 0 spiro atoms. The number of carbonyl (C=O) groups is 1. The van der Waals surface area contributed by atoms with Gasteiger partial charge in [0.1, 0.15) is 0 Å². The number of hydrogen-bond donors (Lipinski definition) is 0. The zero-order valence-corrected chi connectivity index (χ0v) is 20.1. The van der Waals surface area contributed by atoms with Crippen LogP contribution in [-0.2, 0) is 19.5 Å². The van der Waals surface area contributed by atoms with Gasteiger partial charge in [0, 0.05) is 17.8 Å². The van der Waals surface area contributed by atoms with Gasteiger partial charge in [-0.2, -0.15) is 0 Å². The number of thiophene rings is 1. The number of hydrogen-bond acceptors (Lipinski definition) is 2. The van der Waals surface area contributed by atoms with Crippen LogP contribution >= 0.6 is 11.3 Å². The van der Waals surface area contributed by atoms with Crippen molar-refractivity contribution in [2.45, 2.75) is 26.4 Å². The Morgan fingerprint density at radius 3 is 1.85 bits per heavy atom. The maximum atomic E-state index is 14.1. The van der Waals surface area contributed by atoms with Gasteiger partial charge in [0.2, 0.25) is 0 Å². The first-order chi connectivity index (χ1) is 16.7. The van der Waals surface area contributed by atoms with Gasteiger partial charge >= 0.3 is 0 Å². The summed E-state index contributed by atoms with van der Waals surface area (Å²) in [5.41, 5.74) is 5.86. The number of carbonyl (C=O) groups excluding carboxylic acids is 1. The predicted octanol–water partition coefficient (Wildman–Crippen LogP) is 7.64. The third-order valence-corrected chi connectivity index (χ3v) is 7.31. The number of rotatable bonds is 7. The van der Waals surface area contributed by atoms with Crippen molar-refractivity contribution in [2.24, 2.45) is 0 Å². The lowest BCUT2D eigenvalue weighted by Gasteiger charge is -2.23. The van der Waals surface area contributed by atoms with E-state index in [1.807, 2.05) is 41.3 Å². The van der Waals surface area contributed by atoms with E-state index in [-0.39, 0.29) is 5.91 Å². The first-order valence-corrected chi connectivity index (χ1v) is 12.4. The van der Waals surface area contributed by atoms with Crippen LogP contribution < -0.4 is 0 Å². The number of aryl methyl sites for hydroxylation is 1. The van der Waals surface area contributed by atoms with Crippen LogP contribution in [-0.4, -0.2) is 10.8 Å². The minimum atomic E-state index is 0.0935. The highest BCUT2D eigenvalue weighted by atomic mass is 32.1. The average Bonchev–Trinajstić information content (AvgIpc) is 3.24. The first kappa shape index (κ1) is 22.1. The van der Waals surface area contributed by atoms with Gasteiger partial charge in [-0.15, -0.1) is 11.3 Å². The van der Waals surface area contributed by atoms with E-state index < -0.39 is 0 Å². The van der Waals surface area contributed by atoms with Gasteiger partial charge in [0.15, 0.2) is 0 Å². The Balaban J connectivity index is 1.55. The monoisotopic (exact) mass is 461 g/mol. The highest BCUT2D eigenvalue weighted by Gasteiger charge is 2.24. The van der Waals surface area contributed by atoms with E-state index in [0.717, 1.165) is 32.7 Å². The standard InChI is InChI=1S/C31H27NOS/c1-23-16-18-24(19-17-23)20-28-27-14-8-9-15-29(27)34-30(28)31(33)32(21-25-10-4-2-5-11-25)22-26-12-6-3-7-13-26/h2-19H,20-22H2,1H3. The number of benzene rings is 4. The minimum Gasteiger partial charge on any atom is -0.329 e. The second kappa shape index (κ2) is 10.1. The van der Waals surface area contributed by atoms with Gasteiger partial charge in [-0.05, 0) is 47.1 Å². The Hall–Kier alpha value is -3.69. The van der Waals surface area contributed by atoms with Crippen molar-refractivity contribution in [3.05, 3.63) is 142 Å². The highest BCUT2D eigenvalue weighted by Crippen LogP contribution is 2.34. The average molecular weight is 462 g/mol. The van der Waals surface area contributed by atoms with Crippen LogP contribution in [0.2, 0.25) is 0 Å². The van der Waals surface area contributed by atoms with Gasteiger partial charge in [0.05, 0.1) is 4.88 Å². The van der Waals surface area contributed by atoms with Crippen LogP contribution in [0.4, 0.5) is 0 Å². The van der Waals surface area contributed by atoms with Crippen molar-refractivity contribution in [2.75, 3.05) is 0 Å². The molecule has 1 amide bonds. The first-order valence-electron chi connectivity index (χ1n) is 11.6. The summed E-state index contributed by atoms with van der Waals surface area (Å²) in [6.07, 6.45) is 0.746. The minimum absolute atomic E-state index is 0.0935. The normalized spacial score (nSPS) is 11.0. The van der Waals surface area contributed by atoms with Crippen LogP contribution in [0.1, 0.15) is 37.5 Å². The molecule has 34 heavy (non-hydrogen) atoms. The van der Waals surface area contributed by atoms with Crippen molar-refractivity contribution in [3.63, 3.8) is 0 Å². The number of amides is 1. The molecule has 0 fully saturated rings. The van der Waals surface area contributed by atoms with Crippen molar-refractivity contribution in [1.82, 2.24) is 4.90 Å². The Kier molecular flexibility index (Phi) is 6.55. The lowest BCUT2D eigenvalue weighted by atomic mass is 10.0. The fraction of sp³-hybridized carbons (Fsp3) is 0.129. The summed E-state index contributed by atoms with van der Waals surface area (Å²) in [5, 5.41) is 1.18. The quantitative estimate of drug-likeness (QED) is 0.244. The Bertz CT molecular complexity index is 1350. The van der Waals surface area contributed by atoms with E-state index in [4.69, 9.17) is 0 Å². The molecule has 4 aromatic carbocycles. The highest BCUT2D eigenvalue weighted by molar-refractivity contribution is 7.21. The summed E-state index contributed by atoms with van der Waals surface area (Å²) in [6, 6.07) is 37.5. The van der Waals surface area contributed by atoms with Crippen molar-refractivity contribution in [3.8, 4) is 0 Å². The predicted molar refractivity (Wildman–Crippen MR) is 142 cm³/mol. The zero-order chi connectivity index (χ0) is 23.3. The molecule has 3 heteroatoms. The van der Waals surface area contributed by atoms with Gasteiger partial charge < -0.3 is 4.90 Å². The van der Waals surface area contributed by atoms with Crippen molar-refractivity contribution < 1.29 is 4.79 Å². The van der Waals surface area contributed by atoms with Crippen molar-refractivity contribution >= 4 is 27.3 Å². The molecule has 0 unspecified atom stereocenters. The van der Waals surface area contributed by atoms with Crippen LogP contribution in [0.25, 0.3) is 10.1 Å². The molecule has 168 valence electrons. The summed E-state index contributed by atoms with van der Waals surface area (Å²) >= 11 is 1.61. The summed E-state index contributed by atoms with van der Waals surface area (Å²) in [4.78, 5) is 16.9. The Labute approximate surface area is 205 Å². The molecule has 1 aromatic heterocycles. The van der Waals surface area contributed by atoms with E-state index in [1.165, 1.54) is 16.5 Å². The maximum absolute atomic E-state index is 14.1. The molecule has 5 rings (SSSR count). The van der Waals surface area contributed by atoms with Gasteiger partial charge in [-0.3, -0.25) is 4.79 Å². The molecule has 1 heterocycles. The summed E-state index contributed by atoms with van der Waals surface area (Å²) < 4.78 is 1.16. The van der Waals surface area contributed by atoms with Crippen LogP contribution in [0.15, 0.2) is 109 Å². The van der Waals surface area contributed by atoms with Crippen LogP contribution in [0, 0.1) is 6.92 Å². The summed E-state index contributed by atoms with van der Waals surface area (Å²) in [7, 11) is 0. The third-order valence-electron chi connectivity index (χ3n) is 6.11. The molecule has 0 saturated heterocycles. The lowest BCUT2D eigenvalue weighted by Crippen LogP contribution is -2.30. The van der Waals surface area contributed by atoms with Gasteiger partial charge in [-0.25, -0.2) is 0 Å². The molecule has 2 nitrogen and oxygen atoms in total. The number of nitrogens with zero attached hydrogens (tertiary/aromatic N) is 1. The molecule has 0 aliphatic rings. The van der Waals surface area contributed by atoms with Crippen LogP contribution in [0.3, 0.4) is 0 Å². The smallest absolute Gasteiger partial charge is 0.264 e. The van der Waals surface area contributed by atoms with Crippen molar-refractivity contribution in [1.29, 1.82) is 0 Å². The van der Waals surface area contributed by atoms with E-state index in [0.29, 0.717) is 13.1 Å². The largest absolute Gasteiger partial charge is 0.329 e. The topological polar surface area (TPSA) is 20.3 Å². The second-order valence-electron chi connectivity index (χ2n) is 8.70. The van der Waals surface area contributed by atoms with E-state index in [9.17, 15) is 4.79 Å². The molecule has 0 bridgehead atoms. The third kappa shape index (κ3) is 4.95. The molecular formula is C31H27NOS. The van der Waals surface area contributed by atoms with E-state index >= 15 is 0 Å². The Morgan fingerprint density at radius 1 is 0.676 bits per heavy atom. The summed E-state index contributed by atoms with van der Waals surface area (Å²) in [6.45, 7) is 3.25. The maximum Gasteiger partial charge on any atom is 0.264 e. The SMILES string of the molecule is Cc1ccc(Cc2c(C(=O)N(Cc3ccccc3)Cc3ccccc3)sc3ccccc23)cc1. The Morgan fingerprint density at radius 2 is 1.24 bits per heavy atom. The van der Waals surface area contributed by atoms with Gasteiger partial charge in [-0.1, -0.05) is 109 Å². The molecule has 0 aliphatic heterocycles. The molecule has 0 saturated carbocycles. The van der Waals surface area contributed by atoms with Crippen LogP contribution in [0.5, 0.6) is 0 Å². The molecule has 0 radical (unpaired) electrons. The fourth-order valence-electron chi connectivity index (χ4n) is 4.31. The fourth-order valence-corrected chi connectivity index (χ4v) is 5.50. The van der Waals surface area contributed by atoms with E-state index in [1.54, 1.807) is 11.3 Å². The molecule has 0 atom stereocenters. The molecule has 0 aliphatic carbocycles. The molecule has 0 N–H and O–H groups in total.